The standard InChI is InChI=1S/C16H16FNO7/c1-9(19)25-10-4-5-12(17)13(6-10)18-8-24-7-11(15(20)22-2)14(18)16(21)23-3/h4-6H,7-8H2,1-3H3. The van der Waals surface area contributed by atoms with Crippen LogP contribution in [-0.2, 0) is 28.6 Å². The lowest BCUT2D eigenvalue weighted by molar-refractivity contribution is -0.140. The number of hydrogen-bond donors (Lipinski definition) is 0. The average Bonchev–Trinajstić information content (AvgIpc) is 2.60. The fourth-order valence-corrected chi connectivity index (χ4v) is 2.26. The molecular formula is C16H16FNO7. The van der Waals surface area contributed by atoms with E-state index < -0.39 is 23.7 Å². The number of anilines is 1. The summed E-state index contributed by atoms with van der Waals surface area (Å²) >= 11 is 0. The van der Waals surface area contributed by atoms with Gasteiger partial charge in [0.05, 0.1) is 32.1 Å². The van der Waals surface area contributed by atoms with Crippen LogP contribution in [0.3, 0.4) is 0 Å². The molecule has 0 spiro atoms. The van der Waals surface area contributed by atoms with Crippen LogP contribution in [0.2, 0.25) is 0 Å². The Kier molecular flexibility index (Phi) is 5.71. The smallest absolute Gasteiger partial charge is 0.355 e. The van der Waals surface area contributed by atoms with E-state index in [-0.39, 0.29) is 36.0 Å². The van der Waals surface area contributed by atoms with Crippen molar-refractivity contribution in [2.24, 2.45) is 0 Å². The van der Waals surface area contributed by atoms with Crippen molar-refractivity contribution >= 4 is 23.6 Å². The van der Waals surface area contributed by atoms with Gasteiger partial charge in [0.2, 0.25) is 0 Å². The Morgan fingerprint density at radius 1 is 1.16 bits per heavy atom. The van der Waals surface area contributed by atoms with Crippen molar-refractivity contribution < 1.29 is 37.7 Å². The van der Waals surface area contributed by atoms with Crippen LogP contribution in [0.1, 0.15) is 6.92 Å². The first-order valence-corrected chi connectivity index (χ1v) is 7.12. The van der Waals surface area contributed by atoms with Crippen LogP contribution in [-0.4, -0.2) is 45.5 Å². The van der Waals surface area contributed by atoms with E-state index in [2.05, 4.69) is 4.74 Å². The van der Waals surface area contributed by atoms with Crippen LogP contribution in [0.15, 0.2) is 29.5 Å². The van der Waals surface area contributed by atoms with Gasteiger partial charge in [-0.05, 0) is 12.1 Å². The molecule has 134 valence electrons. The lowest BCUT2D eigenvalue weighted by Crippen LogP contribution is -2.39. The molecule has 1 heterocycles. The van der Waals surface area contributed by atoms with Crippen LogP contribution < -0.4 is 9.64 Å². The van der Waals surface area contributed by atoms with E-state index in [1.807, 2.05) is 0 Å². The maximum absolute atomic E-state index is 14.3. The molecule has 1 aromatic carbocycles. The van der Waals surface area contributed by atoms with Crippen LogP contribution in [0.25, 0.3) is 0 Å². The molecule has 0 saturated carbocycles. The van der Waals surface area contributed by atoms with Crippen molar-refractivity contribution in [1.29, 1.82) is 0 Å². The Labute approximate surface area is 142 Å². The molecule has 0 aromatic heterocycles. The van der Waals surface area contributed by atoms with Crippen molar-refractivity contribution in [3.05, 3.63) is 35.3 Å². The van der Waals surface area contributed by atoms with Crippen molar-refractivity contribution in [1.82, 2.24) is 0 Å². The summed E-state index contributed by atoms with van der Waals surface area (Å²) in [5, 5.41) is 0. The highest BCUT2D eigenvalue weighted by molar-refractivity contribution is 6.03. The Bertz CT molecular complexity index is 744. The number of hydrogen-bond acceptors (Lipinski definition) is 8. The van der Waals surface area contributed by atoms with E-state index in [0.717, 1.165) is 25.2 Å². The molecule has 9 heteroatoms. The first-order chi connectivity index (χ1) is 11.9. The highest BCUT2D eigenvalue weighted by Crippen LogP contribution is 2.31. The molecule has 1 aromatic rings. The normalized spacial score (nSPS) is 14.2. The first-order valence-electron chi connectivity index (χ1n) is 7.12. The molecule has 0 saturated heterocycles. The minimum atomic E-state index is -0.860. The Balaban J connectivity index is 2.57. The topological polar surface area (TPSA) is 91.4 Å². The Morgan fingerprint density at radius 2 is 1.84 bits per heavy atom. The maximum Gasteiger partial charge on any atom is 0.355 e. The highest BCUT2D eigenvalue weighted by atomic mass is 19.1. The molecule has 1 aliphatic rings. The molecule has 0 atom stereocenters. The molecule has 0 bridgehead atoms. The number of rotatable bonds is 4. The van der Waals surface area contributed by atoms with Gasteiger partial charge in [-0.1, -0.05) is 0 Å². The van der Waals surface area contributed by atoms with Crippen LogP contribution in [0, 0.1) is 5.82 Å². The molecule has 8 nitrogen and oxygen atoms in total. The molecule has 25 heavy (non-hydrogen) atoms. The van der Waals surface area contributed by atoms with Gasteiger partial charge in [-0.3, -0.25) is 4.79 Å². The lowest BCUT2D eigenvalue weighted by Gasteiger charge is -2.31. The number of benzene rings is 1. The van der Waals surface area contributed by atoms with Gasteiger partial charge in [0.25, 0.3) is 0 Å². The minimum Gasteiger partial charge on any atom is -0.466 e. The molecule has 0 amide bonds. The minimum absolute atomic E-state index is 0.0679. The fourth-order valence-electron chi connectivity index (χ4n) is 2.26. The van der Waals surface area contributed by atoms with Crippen molar-refractivity contribution in [3.63, 3.8) is 0 Å². The fraction of sp³-hybridized carbons (Fsp3) is 0.312. The number of esters is 3. The summed E-state index contributed by atoms with van der Waals surface area (Å²) in [4.78, 5) is 36.3. The van der Waals surface area contributed by atoms with Gasteiger partial charge < -0.3 is 23.8 Å². The summed E-state index contributed by atoms with van der Waals surface area (Å²) in [6.07, 6.45) is 0. The molecule has 2 rings (SSSR count). The number of carbonyl (C=O) groups is 3. The van der Waals surface area contributed by atoms with Crippen LogP contribution in [0.4, 0.5) is 10.1 Å². The predicted molar refractivity (Wildman–Crippen MR) is 82.1 cm³/mol. The number of methoxy groups -OCH3 is 2. The summed E-state index contributed by atoms with van der Waals surface area (Å²) in [6, 6.07) is 3.53. The number of carbonyl (C=O) groups excluding carboxylic acids is 3. The van der Waals surface area contributed by atoms with Gasteiger partial charge in [0.1, 0.15) is 24.0 Å². The van der Waals surface area contributed by atoms with Crippen molar-refractivity contribution in [2.75, 3.05) is 32.5 Å². The highest BCUT2D eigenvalue weighted by Gasteiger charge is 2.33. The second-order valence-electron chi connectivity index (χ2n) is 4.92. The van der Waals surface area contributed by atoms with Gasteiger partial charge >= 0.3 is 17.9 Å². The monoisotopic (exact) mass is 353 g/mol. The summed E-state index contributed by atoms with van der Waals surface area (Å²) in [5.74, 6) is -2.90. The maximum atomic E-state index is 14.3. The van der Waals surface area contributed by atoms with Crippen LogP contribution in [0.5, 0.6) is 5.75 Å². The molecule has 0 unspecified atom stereocenters. The van der Waals surface area contributed by atoms with E-state index in [1.165, 1.54) is 19.1 Å². The van der Waals surface area contributed by atoms with Crippen LogP contribution >= 0.6 is 0 Å². The zero-order valence-electron chi connectivity index (χ0n) is 13.8. The zero-order chi connectivity index (χ0) is 18.6. The van der Waals surface area contributed by atoms with E-state index in [0.29, 0.717) is 0 Å². The SMILES string of the molecule is COC(=O)C1=C(C(=O)OC)N(c2cc(OC(C)=O)ccc2F)COC1. The third-order valence-electron chi connectivity index (χ3n) is 3.30. The van der Waals surface area contributed by atoms with Crippen molar-refractivity contribution in [2.45, 2.75) is 6.92 Å². The molecule has 0 N–H and O–H groups in total. The quantitative estimate of drug-likeness (QED) is 0.588. The zero-order valence-corrected chi connectivity index (χ0v) is 13.8. The number of ether oxygens (including phenoxy) is 4. The molecule has 1 aliphatic heterocycles. The number of nitrogens with zero attached hydrogens (tertiary/aromatic N) is 1. The predicted octanol–water partition coefficient (Wildman–Crippen LogP) is 1.15. The second-order valence-corrected chi connectivity index (χ2v) is 4.92. The molecule has 0 fully saturated rings. The van der Waals surface area contributed by atoms with Crippen molar-refractivity contribution in [3.8, 4) is 5.75 Å². The van der Waals surface area contributed by atoms with Gasteiger partial charge in [-0.15, -0.1) is 0 Å². The van der Waals surface area contributed by atoms with E-state index in [4.69, 9.17) is 14.2 Å². The third kappa shape index (κ3) is 3.94. The third-order valence-corrected chi connectivity index (χ3v) is 3.30. The molecular weight excluding hydrogens is 337 g/mol. The summed E-state index contributed by atoms with van der Waals surface area (Å²) in [7, 11) is 2.27. The summed E-state index contributed by atoms with van der Waals surface area (Å²) in [6.45, 7) is 0.784. The second kappa shape index (κ2) is 7.75. The van der Waals surface area contributed by atoms with Gasteiger partial charge in [0.15, 0.2) is 0 Å². The molecule has 0 aliphatic carbocycles. The van der Waals surface area contributed by atoms with E-state index >= 15 is 0 Å². The summed E-state index contributed by atoms with van der Waals surface area (Å²) < 4.78 is 33.8. The summed E-state index contributed by atoms with van der Waals surface area (Å²) in [5.41, 5.74) is -0.447. The Morgan fingerprint density at radius 3 is 2.44 bits per heavy atom. The van der Waals surface area contributed by atoms with Gasteiger partial charge in [0, 0.05) is 13.0 Å². The molecule has 0 radical (unpaired) electrons. The van der Waals surface area contributed by atoms with E-state index in [1.54, 1.807) is 0 Å². The average molecular weight is 353 g/mol. The number of halogens is 1. The van der Waals surface area contributed by atoms with Gasteiger partial charge in [-0.2, -0.15) is 0 Å². The first kappa shape index (κ1) is 18.4. The lowest BCUT2D eigenvalue weighted by atomic mass is 10.1. The van der Waals surface area contributed by atoms with E-state index in [9.17, 15) is 18.8 Å². The van der Waals surface area contributed by atoms with Gasteiger partial charge in [-0.25, -0.2) is 14.0 Å². The Hall–Kier alpha value is -2.94. The largest absolute Gasteiger partial charge is 0.466 e.